The average molecular weight is 947 g/mol. The Bertz CT molecular complexity index is 1660. The zero-order valence-corrected chi connectivity index (χ0v) is 41.7. The van der Waals surface area contributed by atoms with Crippen LogP contribution in [-0.4, -0.2) is 182 Å². The lowest BCUT2D eigenvalue weighted by atomic mass is 9.73. The van der Waals surface area contributed by atoms with Gasteiger partial charge in [-0.25, -0.2) is 4.79 Å². The molecule has 66 heavy (non-hydrogen) atoms. The van der Waals surface area contributed by atoms with Crippen molar-refractivity contribution >= 4 is 5.97 Å². The molecule has 1 spiro atoms. The van der Waals surface area contributed by atoms with Gasteiger partial charge in [0.1, 0.15) is 11.2 Å². The number of hydrogen-bond acceptors (Lipinski definition) is 17. The minimum atomic E-state index is -2.50. The Labute approximate surface area is 391 Å². The molecule has 382 valence electrons. The quantitative estimate of drug-likeness (QED) is 0.194. The standard InChI is InChI=1S/C48H82O18/c1-23-38(62-37-20-18-30(54-10)28(6)59-37)25(3)46(9,52)65-39(23)33-16-15-31(60-33)32-17-19-35(61-32)45(8)42(57-13)27(5)48(66-45)24(2)34(55-11)21-29(63-48)22-36-44(7,58-14)41(56-12)26(4)47(53,64-36)40(49)43(50)51/h23-42,49,52-53H,15-22H2,1-14H3,(H,50,51). The number of ether oxygens (including phenoxy) is 13. The lowest BCUT2D eigenvalue weighted by Crippen LogP contribution is -2.72. The normalized spacial score (nSPS) is 53.9. The second-order valence-electron chi connectivity index (χ2n) is 21.2. The van der Waals surface area contributed by atoms with Gasteiger partial charge in [0.15, 0.2) is 17.9 Å². The van der Waals surface area contributed by atoms with E-state index < -0.39 is 83.4 Å². The third-order valence-electron chi connectivity index (χ3n) is 17.6. The topological polar surface area (TPSA) is 218 Å². The van der Waals surface area contributed by atoms with Crippen molar-refractivity contribution in [3.8, 4) is 0 Å². The van der Waals surface area contributed by atoms with E-state index in [0.717, 1.165) is 25.7 Å². The second kappa shape index (κ2) is 19.8. The molecule has 7 saturated heterocycles. The van der Waals surface area contributed by atoms with Crippen molar-refractivity contribution in [2.24, 2.45) is 29.6 Å². The number of hydrogen-bond donors (Lipinski definition) is 4. The molecule has 0 aromatic carbocycles. The highest BCUT2D eigenvalue weighted by atomic mass is 16.7. The molecule has 4 N–H and O–H groups in total. The Morgan fingerprint density at radius 3 is 1.94 bits per heavy atom. The summed E-state index contributed by atoms with van der Waals surface area (Å²) >= 11 is 0. The van der Waals surface area contributed by atoms with Gasteiger partial charge >= 0.3 is 5.97 Å². The van der Waals surface area contributed by atoms with E-state index in [1.807, 2.05) is 27.7 Å². The Morgan fingerprint density at radius 2 is 1.33 bits per heavy atom. The lowest BCUT2D eigenvalue weighted by molar-refractivity contribution is -0.389. The molecule has 7 aliphatic heterocycles. The number of aliphatic hydroxyl groups excluding tert-OH is 1. The Morgan fingerprint density at radius 1 is 0.697 bits per heavy atom. The van der Waals surface area contributed by atoms with Crippen molar-refractivity contribution in [3.05, 3.63) is 0 Å². The van der Waals surface area contributed by atoms with Crippen LogP contribution in [0.15, 0.2) is 0 Å². The van der Waals surface area contributed by atoms with Gasteiger partial charge in [0.25, 0.3) is 0 Å². The molecule has 0 aromatic rings. The largest absolute Gasteiger partial charge is 0.479 e. The monoisotopic (exact) mass is 947 g/mol. The summed E-state index contributed by atoms with van der Waals surface area (Å²) in [6.45, 7) is 17.2. The van der Waals surface area contributed by atoms with Gasteiger partial charge in [0.05, 0.1) is 79.4 Å². The van der Waals surface area contributed by atoms with E-state index in [-0.39, 0.29) is 78.9 Å². The number of carboxylic acid groups (broad SMARTS) is 1. The molecule has 0 aromatic heterocycles. The van der Waals surface area contributed by atoms with Gasteiger partial charge in [-0.15, -0.1) is 0 Å². The fourth-order valence-corrected chi connectivity index (χ4v) is 13.3. The van der Waals surface area contributed by atoms with Crippen LogP contribution < -0.4 is 0 Å². The molecule has 0 saturated carbocycles. The van der Waals surface area contributed by atoms with Gasteiger partial charge in [0.2, 0.25) is 11.9 Å². The second-order valence-corrected chi connectivity index (χ2v) is 21.2. The fourth-order valence-electron chi connectivity index (χ4n) is 13.3. The SMILES string of the molecule is COC1CCC(OC2C(C)C(C3CCC(C4CCC(C5(C)OC6(OC(CC7OC(O)(C(O)C(=O)O)C(C)C(OC)C7(C)OC)CC(OC)C6C)C(C)C5OC)O4)O3)OC(C)(O)C2C)OC1C. The predicted molar refractivity (Wildman–Crippen MR) is 234 cm³/mol. The predicted octanol–water partition coefficient (Wildman–Crippen LogP) is 3.94. The third kappa shape index (κ3) is 8.95. The van der Waals surface area contributed by atoms with Crippen LogP contribution in [0.3, 0.4) is 0 Å². The Hall–Kier alpha value is -1.17. The van der Waals surface area contributed by atoms with E-state index in [4.69, 9.17) is 61.6 Å². The summed E-state index contributed by atoms with van der Waals surface area (Å²) < 4.78 is 83.8. The molecular formula is C48H82O18. The first-order valence-electron chi connectivity index (χ1n) is 24.4. The highest BCUT2D eigenvalue weighted by Crippen LogP contribution is 2.57. The van der Waals surface area contributed by atoms with E-state index in [0.29, 0.717) is 19.3 Å². The van der Waals surface area contributed by atoms with Crippen LogP contribution >= 0.6 is 0 Å². The van der Waals surface area contributed by atoms with Crippen molar-refractivity contribution in [2.45, 2.75) is 234 Å². The zero-order chi connectivity index (χ0) is 48.5. The van der Waals surface area contributed by atoms with E-state index >= 15 is 0 Å². The van der Waals surface area contributed by atoms with Crippen LogP contribution in [0, 0.1) is 29.6 Å². The maximum atomic E-state index is 12.1. The summed E-state index contributed by atoms with van der Waals surface area (Å²) in [7, 11) is 7.98. The van der Waals surface area contributed by atoms with Gasteiger partial charge in [-0.05, 0) is 59.8 Å². The van der Waals surface area contributed by atoms with Crippen molar-refractivity contribution in [3.63, 3.8) is 0 Å². The molecule has 0 aliphatic carbocycles. The van der Waals surface area contributed by atoms with Crippen LogP contribution in [0.1, 0.15) is 114 Å². The van der Waals surface area contributed by atoms with Crippen molar-refractivity contribution in [1.29, 1.82) is 0 Å². The first-order valence-corrected chi connectivity index (χ1v) is 24.4. The average Bonchev–Trinajstić information content (AvgIpc) is 4.02. The smallest absolute Gasteiger partial charge is 0.338 e. The van der Waals surface area contributed by atoms with Crippen molar-refractivity contribution in [2.75, 3.05) is 35.5 Å². The first kappa shape index (κ1) is 52.6. The minimum Gasteiger partial charge on any atom is -0.479 e. The molecular weight excluding hydrogens is 865 g/mol. The minimum absolute atomic E-state index is 0.0182. The van der Waals surface area contributed by atoms with E-state index in [9.17, 15) is 25.2 Å². The van der Waals surface area contributed by atoms with Crippen molar-refractivity contribution in [1.82, 2.24) is 0 Å². The molecule has 0 amide bonds. The molecule has 7 aliphatic rings. The van der Waals surface area contributed by atoms with Gasteiger partial charge in [-0.3, -0.25) is 0 Å². The first-order chi connectivity index (χ1) is 31.0. The fraction of sp³-hybridized carbons (Fsp3) is 0.979. The summed E-state index contributed by atoms with van der Waals surface area (Å²) in [6.07, 6.45) is -2.92. The summed E-state index contributed by atoms with van der Waals surface area (Å²) in [5, 5.41) is 43.9. The molecule has 25 atom stereocenters. The molecule has 18 nitrogen and oxygen atoms in total. The number of methoxy groups -OCH3 is 5. The number of aliphatic hydroxyl groups is 3. The molecule has 7 heterocycles. The maximum absolute atomic E-state index is 12.1. The molecule has 7 fully saturated rings. The third-order valence-corrected chi connectivity index (χ3v) is 17.6. The number of carboxylic acids is 1. The van der Waals surface area contributed by atoms with Crippen molar-refractivity contribution < 1.29 is 86.8 Å². The maximum Gasteiger partial charge on any atom is 0.338 e. The van der Waals surface area contributed by atoms with Crippen LogP contribution in [0.25, 0.3) is 0 Å². The Balaban J connectivity index is 1.05. The number of carbonyl (C=O) groups is 1. The summed E-state index contributed by atoms with van der Waals surface area (Å²) in [5.41, 5.74) is -2.16. The van der Waals surface area contributed by atoms with Crippen LogP contribution in [-0.2, 0) is 66.4 Å². The van der Waals surface area contributed by atoms with Crippen LogP contribution in [0.5, 0.6) is 0 Å². The highest BCUT2D eigenvalue weighted by Gasteiger charge is 2.70. The summed E-state index contributed by atoms with van der Waals surface area (Å²) in [4.78, 5) is 12.1. The number of rotatable bonds is 14. The number of aliphatic carboxylic acids is 1. The molecule has 7 rings (SSSR count). The highest BCUT2D eigenvalue weighted by molar-refractivity contribution is 5.73. The zero-order valence-electron chi connectivity index (χ0n) is 41.7. The van der Waals surface area contributed by atoms with Crippen LogP contribution in [0.4, 0.5) is 0 Å². The van der Waals surface area contributed by atoms with E-state index in [2.05, 4.69) is 13.8 Å². The van der Waals surface area contributed by atoms with E-state index in [1.165, 1.54) is 14.2 Å². The van der Waals surface area contributed by atoms with Crippen LogP contribution in [0.2, 0.25) is 0 Å². The summed E-state index contributed by atoms with van der Waals surface area (Å²) in [5.74, 6) is -8.80. The Kier molecular flexibility index (Phi) is 15.8. The molecule has 0 radical (unpaired) electrons. The van der Waals surface area contributed by atoms with Gasteiger partial charge < -0.3 is 82.0 Å². The van der Waals surface area contributed by atoms with E-state index in [1.54, 1.807) is 42.1 Å². The molecule has 25 unspecified atom stereocenters. The molecule has 18 heteroatoms. The summed E-state index contributed by atoms with van der Waals surface area (Å²) in [6, 6.07) is 0. The van der Waals surface area contributed by atoms with Gasteiger partial charge in [0, 0.05) is 84.4 Å². The van der Waals surface area contributed by atoms with Gasteiger partial charge in [-0.1, -0.05) is 34.6 Å². The molecule has 0 bridgehead atoms. The lowest BCUT2D eigenvalue weighted by Gasteiger charge is -2.56. The van der Waals surface area contributed by atoms with Gasteiger partial charge in [-0.2, -0.15) is 0 Å².